The van der Waals surface area contributed by atoms with E-state index in [1.807, 2.05) is 13.8 Å². The molecule has 76 valence electrons. The smallest absolute Gasteiger partial charge is 0.0398 e. The van der Waals surface area contributed by atoms with Gasteiger partial charge in [-0.15, -0.1) is 0 Å². The molecule has 0 unspecified atom stereocenters. The van der Waals surface area contributed by atoms with Gasteiger partial charge in [0.25, 0.3) is 0 Å². The molecule has 0 rings (SSSR count). The molecular weight excluding hydrogens is 156 g/mol. The van der Waals surface area contributed by atoms with Crippen LogP contribution in [0, 0.1) is 0 Å². The topological polar surface area (TPSA) is 0 Å². The summed E-state index contributed by atoms with van der Waals surface area (Å²) in [5, 5.41) is 0. The van der Waals surface area contributed by atoms with E-state index in [1.54, 1.807) is 0 Å². The average Bonchev–Trinajstić information content (AvgIpc) is 2.16. The third-order valence-corrected chi connectivity index (χ3v) is 1.84. The van der Waals surface area contributed by atoms with Crippen molar-refractivity contribution in [1.82, 2.24) is 0 Å². The molecule has 0 atom stereocenters. The molecule has 0 fully saturated rings. The highest BCUT2D eigenvalue weighted by molar-refractivity contribution is 5.27. The molecule has 0 aliphatic rings. The van der Waals surface area contributed by atoms with Crippen LogP contribution in [0.2, 0.25) is 0 Å². The molecule has 0 aromatic carbocycles. The first-order valence-electron chi connectivity index (χ1n) is 5.03. The van der Waals surface area contributed by atoms with Crippen molar-refractivity contribution in [2.45, 2.75) is 48.5 Å². The Morgan fingerprint density at radius 3 is 1.62 bits per heavy atom. The fourth-order valence-electron chi connectivity index (χ4n) is 0.519. The minimum Gasteiger partial charge on any atom is -0.0847 e. The fraction of sp³-hybridized carbons (Fsp3) is 0.538. The summed E-state index contributed by atoms with van der Waals surface area (Å²) >= 11 is 0. The van der Waals surface area contributed by atoms with Crippen molar-refractivity contribution >= 4 is 0 Å². The lowest BCUT2D eigenvalue weighted by Crippen LogP contribution is -1.73. The maximum absolute atomic E-state index is 2.16. The first-order chi connectivity index (χ1) is 6.07. The Morgan fingerprint density at radius 1 is 0.846 bits per heavy atom. The number of hydrogen-bond acceptors (Lipinski definition) is 0. The largest absolute Gasteiger partial charge is 0.0847 e. The lowest BCUT2D eigenvalue weighted by molar-refractivity contribution is 1.29. The molecule has 0 saturated heterocycles. The third kappa shape index (κ3) is 9.13. The van der Waals surface area contributed by atoms with Gasteiger partial charge in [0.1, 0.15) is 0 Å². The van der Waals surface area contributed by atoms with Crippen LogP contribution in [0.25, 0.3) is 0 Å². The Morgan fingerprint density at radius 2 is 1.31 bits per heavy atom. The van der Waals surface area contributed by atoms with Gasteiger partial charge in [0.15, 0.2) is 0 Å². The number of allylic oxidation sites excluding steroid dienone is 6. The molecule has 0 heteroatoms. The molecule has 13 heavy (non-hydrogen) atoms. The summed E-state index contributed by atoms with van der Waals surface area (Å²) in [5.41, 5.74) is 4.04. The van der Waals surface area contributed by atoms with Crippen LogP contribution in [0.15, 0.2) is 34.9 Å². The third-order valence-electron chi connectivity index (χ3n) is 1.84. The van der Waals surface area contributed by atoms with E-state index in [4.69, 9.17) is 0 Å². The highest BCUT2D eigenvalue weighted by Gasteiger charge is 1.84. The molecule has 0 heterocycles. The van der Waals surface area contributed by atoms with Crippen LogP contribution in [-0.2, 0) is 0 Å². The molecule has 0 N–H and O–H groups in total. The normalized spacial score (nSPS) is 10.8. The zero-order valence-corrected chi connectivity index (χ0v) is 10.2. The minimum absolute atomic E-state index is 1.31. The van der Waals surface area contributed by atoms with E-state index < -0.39 is 0 Å². The second-order valence-electron chi connectivity index (χ2n) is 3.05. The number of hydrogen-bond donors (Lipinski definition) is 0. The Bertz CT molecular complexity index is 198. The van der Waals surface area contributed by atoms with Crippen molar-refractivity contribution in [3.8, 4) is 0 Å². The van der Waals surface area contributed by atoms with E-state index in [0.29, 0.717) is 0 Å². The van der Waals surface area contributed by atoms with Crippen LogP contribution in [0.1, 0.15) is 48.5 Å². The molecule has 0 saturated carbocycles. The van der Waals surface area contributed by atoms with Crippen molar-refractivity contribution < 1.29 is 0 Å². The standard InChI is InChI=1S/C11H18.C2H6/c1-6-10(4)7-8-11(5)9(2)3;1-2/h6-8H,1-5H3;1-2H3/b8-7-,10-6+;. The highest BCUT2D eigenvalue weighted by Crippen LogP contribution is 2.05. The summed E-state index contributed by atoms with van der Waals surface area (Å²) in [6, 6.07) is 0. The highest BCUT2D eigenvalue weighted by atomic mass is 13.9. The molecule has 0 spiro atoms. The predicted molar refractivity (Wildman–Crippen MR) is 64.0 cm³/mol. The average molecular weight is 180 g/mol. The van der Waals surface area contributed by atoms with Gasteiger partial charge in [-0.3, -0.25) is 0 Å². The molecular formula is C13H24. The number of rotatable bonds is 2. The van der Waals surface area contributed by atoms with Crippen molar-refractivity contribution in [3.05, 3.63) is 34.9 Å². The lowest BCUT2D eigenvalue weighted by Gasteiger charge is -1.94. The molecule has 0 aliphatic carbocycles. The first-order valence-corrected chi connectivity index (χ1v) is 5.03. The lowest BCUT2D eigenvalue weighted by atomic mass is 10.1. The molecule has 0 aliphatic heterocycles. The van der Waals surface area contributed by atoms with Crippen molar-refractivity contribution in [1.29, 1.82) is 0 Å². The van der Waals surface area contributed by atoms with E-state index in [1.165, 1.54) is 16.7 Å². The Kier molecular flexibility index (Phi) is 10.5. The molecule has 0 radical (unpaired) electrons. The first kappa shape index (κ1) is 14.7. The van der Waals surface area contributed by atoms with E-state index in [-0.39, 0.29) is 0 Å². The van der Waals surface area contributed by atoms with Gasteiger partial charge in [0.05, 0.1) is 0 Å². The van der Waals surface area contributed by atoms with Gasteiger partial charge in [0, 0.05) is 0 Å². The quantitative estimate of drug-likeness (QED) is 0.531. The summed E-state index contributed by atoms with van der Waals surface area (Å²) < 4.78 is 0. The summed E-state index contributed by atoms with van der Waals surface area (Å²) in [5.74, 6) is 0. The fourth-order valence-corrected chi connectivity index (χ4v) is 0.519. The molecule has 0 nitrogen and oxygen atoms in total. The van der Waals surface area contributed by atoms with Gasteiger partial charge < -0.3 is 0 Å². The Balaban J connectivity index is 0. The summed E-state index contributed by atoms with van der Waals surface area (Å²) in [4.78, 5) is 0. The SMILES string of the molecule is C/C=C(C)/C=C\C(C)=C(C)C.CC. The van der Waals surface area contributed by atoms with Gasteiger partial charge in [-0.05, 0) is 34.6 Å². The second kappa shape index (κ2) is 9.31. The van der Waals surface area contributed by atoms with E-state index in [9.17, 15) is 0 Å². The van der Waals surface area contributed by atoms with Gasteiger partial charge in [0.2, 0.25) is 0 Å². The zero-order chi connectivity index (χ0) is 10.9. The Labute approximate surface area is 84.1 Å². The van der Waals surface area contributed by atoms with Crippen molar-refractivity contribution in [3.63, 3.8) is 0 Å². The molecule has 0 bridgehead atoms. The van der Waals surface area contributed by atoms with Crippen LogP contribution in [0.3, 0.4) is 0 Å². The van der Waals surface area contributed by atoms with Crippen molar-refractivity contribution in [2.24, 2.45) is 0 Å². The maximum Gasteiger partial charge on any atom is -0.0398 e. The Hall–Kier alpha value is -0.780. The summed E-state index contributed by atoms with van der Waals surface area (Å²) in [7, 11) is 0. The minimum atomic E-state index is 1.31. The van der Waals surface area contributed by atoms with Gasteiger partial charge in [-0.25, -0.2) is 0 Å². The van der Waals surface area contributed by atoms with E-state index in [2.05, 4.69) is 52.8 Å². The van der Waals surface area contributed by atoms with E-state index >= 15 is 0 Å². The maximum atomic E-state index is 2.16. The van der Waals surface area contributed by atoms with Gasteiger partial charge >= 0.3 is 0 Å². The van der Waals surface area contributed by atoms with Crippen LogP contribution in [-0.4, -0.2) is 0 Å². The molecule has 0 aromatic rings. The predicted octanol–water partition coefficient (Wildman–Crippen LogP) is 4.89. The van der Waals surface area contributed by atoms with E-state index in [0.717, 1.165) is 0 Å². The zero-order valence-electron chi connectivity index (χ0n) is 10.2. The van der Waals surface area contributed by atoms with Crippen molar-refractivity contribution in [2.75, 3.05) is 0 Å². The van der Waals surface area contributed by atoms with Gasteiger partial charge in [-0.2, -0.15) is 0 Å². The summed E-state index contributed by atoms with van der Waals surface area (Å²) in [6.45, 7) is 14.6. The van der Waals surface area contributed by atoms with Crippen LogP contribution >= 0.6 is 0 Å². The molecule has 0 aromatic heterocycles. The summed E-state index contributed by atoms with van der Waals surface area (Å²) in [6.07, 6.45) is 6.40. The van der Waals surface area contributed by atoms with Crippen LogP contribution < -0.4 is 0 Å². The second-order valence-corrected chi connectivity index (χ2v) is 3.05. The van der Waals surface area contributed by atoms with Gasteiger partial charge in [-0.1, -0.05) is 48.8 Å². The van der Waals surface area contributed by atoms with Crippen LogP contribution in [0.4, 0.5) is 0 Å². The molecule has 0 amide bonds. The van der Waals surface area contributed by atoms with Crippen LogP contribution in [0.5, 0.6) is 0 Å². The monoisotopic (exact) mass is 180 g/mol.